The van der Waals surface area contributed by atoms with Crippen LogP contribution in [0.25, 0.3) is 0 Å². The molecule has 0 radical (unpaired) electrons. The molecular weight excluding hydrogens is 228 g/mol. The molecule has 0 saturated heterocycles. The van der Waals surface area contributed by atoms with Gasteiger partial charge in [0.15, 0.2) is 0 Å². The number of rotatable bonds is 4. The Labute approximate surface area is 98.4 Å². The van der Waals surface area contributed by atoms with Gasteiger partial charge in [0.2, 0.25) is 0 Å². The molecule has 4 heteroatoms. The summed E-state index contributed by atoms with van der Waals surface area (Å²) in [6.45, 7) is 0.638. The quantitative estimate of drug-likeness (QED) is 0.498. The second kappa shape index (κ2) is 7.26. The lowest BCUT2D eigenvalue weighted by atomic mass is 10.2. The maximum Gasteiger partial charge on any atom is 0.288 e. The fourth-order valence-corrected chi connectivity index (χ4v) is 1.57. The Morgan fingerprint density at radius 2 is 1.94 bits per heavy atom. The van der Waals surface area contributed by atoms with Crippen molar-refractivity contribution in [2.45, 2.75) is 23.5 Å². The normalized spacial score (nSPS) is 10.0. The van der Waals surface area contributed by atoms with Gasteiger partial charge in [0.25, 0.3) is 5.76 Å². The van der Waals surface area contributed by atoms with Gasteiger partial charge >= 0.3 is 0 Å². The summed E-state index contributed by atoms with van der Waals surface area (Å²) in [6, 6.07) is 6.81. The molecule has 86 valence electrons. The topological polar surface area (TPSA) is 26.0 Å². The van der Waals surface area contributed by atoms with Gasteiger partial charge in [0.05, 0.1) is 0 Å². The van der Waals surface area contributed by atoms with Crippen molar-refractivity contribution in [3.05, 3.63) is 29.8 Å². The van der Waals surface area contributed by atoms with Crippen molar-refractivity contribution in [2.24, 2.45) is 5.73 Å². The maximum absolute atomic E-state index is 12.0. The number of hydrogen-bond acceptors (Lipinski definition) is 2. The Morgan fingerprint density at radius 3 is 2.50 bits per heavy atom. The fraction of sp³-hybridized carbons (Fsp3) is 0.333. The standard InChI is InChI=1S/C12H13F2NS/c13-12(14)16-11-7-5-10(6-8-11)4-2-1-3-9-15/h5-8,12H,1,3,9,15H2. The van der Waals surface area contributed by atoms with Crippen molar-refractivity contribution in [2.75, 3.05) is 6.54 Å². The predicted octanol–water partition coefficient (Wildman–Crippen LogP) is 3.09. The van der Waals surface area contributed by atoms with E-state index < -0.39 is 5.76 Å². The number of halogens is 2. The molecule has 0 heterocycles. The summed E-state index contributed by atoms with van der Waals surface area (Å²) in [6.07, 6.45) is 1.65. The first-order chi connectivity index (χ1) is 7.72. The Balaban J connectivity index is 2.53. The van der Waals surface area contributed by atoms with Crippen LogP contribution in [0.3, 0.4) is 0 Å². The monoisotopic (exact) mass is 241 g/mol. The molecule has 0 aromatic heterocycles. The smallest absolute Gasteiger partial charge is 0.288 e. The molecule has 0 spiro atoms. The van der Waals surface area contributed by atoms with Gasteiger partial charge in [-0.05, 0) is 37.2 Å². The molecule has 1 rings (SSSR count). The van der Waals surface area contributed by atoms with Crippen molar-refractivity contribution in [3.8, 4) is 11.8 Å². The van der Waals surface area contributed by atoms with Gasteiger partial charge in [-0.2, -0.15) is 8.78 Å². The minimum Gasteiger partial charge on any atom is -0.330 e. The fourth-order valence-electron chi connectivity index (χ4n) is 1.07. The van der Waals surface area contributed by atoms with Crippen LogP contribution in [0, 0.1) is 11.8 Å². The summed E-state index contributed by atoms with van der Waals surface area (Å²) in [5, 5.41) is 0. The van der Waals surface area contributed by atoms with Crippen molar-refractivity contribution < 1.29 is 8.78 Å². The van der Waals surface area contributed by atoms with Gasteiger partial charge < -0.3 is 5.73 Å². The molecule has 0 amide bonds. The highest BCUT2D eigenvalue weighted by Crippen LogP contribution is 2.24. The maximum atomic E-state index is 12.0. The predicted molar refractivity (Wildman–Crippen MR) is 63.5 cm³/mol. The summed E-state index contributed by atoms with van der Waals surface area (Å²) in [5.74, 6) is 3.56. The van der Waals surface area contributed by atoms with E-state index in [0.29, 0.717) is 23.2 Å². The summed E-state index contributed by atoms with van der Waals surface area (Å²) in [7, 11) is 0. The number of hydrogen-bond donors (Lipinski definition) is 1. The van der Waals surface area contributed by atoms with Gasteiger partial charge in [-0.1, -0.05) is 23.6 Å². The lowest BCUT2D eigenvalue weighted by molar-refractivity contribution is 0.252. The van der Waals surface area contributed by atoms with E-state index in [0.717, 1.165) is 18.4 Å². The van der Waals surface area contributed by atoms with Crippen LogP contribution in [0.4, 0.5) is 8.78 Å². The van der Waals surface area contributed by atoms with E-state index in [9.17, 15) is 8.78 Å². The summed E-state index contributed by atoms with van der Waals surface area (Å²) < 4.78 is 24.1. The molecule has 0 unspecified atom stereocenters. The SMILES string of the molecule is NCCCC#Cc1ccc(SC(F)F)cc1. The Kier molecular flexibility index (Phi) is 5.91. The highest BCUT2D eigenvalue weighted by molar-refractivity contribution is 7.99. The molecule has 2 N–H and O–H groups in total. The van der Waals surface area contributed by atoms with E-state index in [4.69, 9.17) is 5.73 Å². The molecule has 0 bridgehead atoms. The molecular formula is C12H13F2NS. The number of benzene rings is 1. The third-order valence-electron chi connectivity index (χ3n) is 1.82. The lowest BCUT2D eigenvalue weighted by Gasteiger charge is -1.98. The third-order valence-corrected chi connectivity index (χ3v) is 2.54. The van der Waals surface area contributed by atoms with E-state index >= 15 is 0 Å². The van der Waals surface area contributed by atoms with Gasteiger partial charge in [-0.3, -0.25) is 0 Å². The van der Waals surface area contributed by atoms with Crippen molar-refractivity contribution in [3.63, 3.8) is 0 Å². The molecule has 0 saturated carbocycles. The molecule has 0 atom stereocenters. The van der Waals surface area contributed by atoms with Gasteiger partial charge in [0.1, 0.15) is 0 Å². The first kappa shape index (κ1) is 13.0. The third kappa shape index (κ3) is 5.15. The Hall–Kier alpha value is -1.05. The first-order valence-electron chi connectivity index (χ1n) is 4.96. The summed E-state index contributed by atoms with van der Waals surface area (Å²) in [5.41, 5.74) is 6.18. The van der Waals surface area contributed by atoms with E-state index in [1.807, 2.05) is 0 Å². The highest BCUT2D eigenvalue weighted by atomic mass is 32.2. The van der Waals surface area contributed by atoms with Crippen LogP contribution in [0.2, 0.25) is 0 Å². The summed E-state index contributed by atoms with van der Waals surface area (Å²) >= 11 is 0.541. The van der Waals surface area contributed by atoms with Crippen molar-refractivity contribution in [1.29, 1.82) is 0 Å². The highest BCUT2D eigenvalue weighted by Gasteiger charge is 2.03. The zero-order valence-electron chi connectivity index (χ0n) is 8.75. The van der Waals surface area contributed by atoms with Crippen LogP contribution in [0.5, 0.6) is 0 Å². The zero-order valence-corrected chi connectivity index (χ0v) is 9.57. The Morgan fingerprint density at radius 1 is 1.25 bits per heavy atom. The molecule has 0 aliphatic heterocycles. The van der Waals surface area contributed by atoms with Crippen LogP contribution in [-0.2, 0) is 0 Å². The minimum atomic E-state index is -2.37. The van der Waals surface area contributed by atoms with Gasteiger partial charge in [0, 0.05) is 16.9 Å². The molecule has 16 heavy (non-hydrogen) atoms. The molecule has 0 aliphatic rings. The van der Waals surface area contributed by atoms with Crippen molar-refractivity contribution in [1.82, 2.24) is 0 Å². The molecule has 1 aromatic rings. The Bertz CT molecular complexity index is 365. The zero-order chi connectivity index (χ0) is 11.8. The molecule has 0 aliphatic carbocycles. The average molecular weight is 241 g/mol. The van der Waals surface area contributed by atoms with Gasteiger partial charge in [-0.25, -0.2) is 0 Å². The van der Waals surface area contributed by atoms with Crippen LogP contribution in [0.1, 0.15) is 18.4 Å². The summed E-state index contributed by atoms with van der Waals surface area (Å²) in [4.78, 5) is 0.558. The van der Waals surface area contributed by atoms with E-state index in [1.54, 1.807) is 24.3 Å². The van der Waals surface area contributed by atoms with Crippen LogP contribution >= 0.6 is 11.8 Å². The number of unbranched alkanes of at least 4 members (excludes halogenated alkanes) is 1. The minimum absolute atomic E-state index is 0.541. The van der Waals surface area contributed by atoms with Crippen LogP contribution in [-0.4, -0.2) is 12.3 Å². The van der Waals surface area contributed by atoms with E-state index in [1.165, 1.54) is 0 Å². The average Bonchev–Trinajstić information content (AvgIpc) is 2.26. The van der Waals surface area contributed by atoms with E-state index in [2.05, 4.69) is 11.8 Å². The number of nitrogens with two attached hydrogens (primary N) is 1. The molecule has 0 fully saturated rings. The van der Waals surface area contributed by atoms with Crippen LogP contribution < -0.4 is 5.73 Å². The second-order valence-electron chi connectivity index (χ2n) is 3.10. The largest absolute Gasteiger partial charge is 0.330 e. The van der Waals surface area contributed by atoms with Crippen molar-refractivity contribution >= 4 is 11.8 Å². The molecule has 1 nitrogen and oxygen atoms in total. The van der Waals surface area contributed by atoms with E-state index in [-0.39, 0.29) is 0 Å². The first-order valence-corrected chi connectivity index (χ1v) is 5.84. The second-order valence-corrected chi connectivity index (χ2v) is 4.16. The lowest BCUT2D eigenvalue weighted by Crippen LogP contribution is -1.96. The number of thioether (sulfide) groups is 1. The van der Waals surface area contributed by atoms with Crippen LogP contribution in [0.15, 0.2) is 29.2 Å². The number of alkyl halides is 2. The van der Waals surface area contributed by atoms with Gasteiger partial charge in [-0.15, -0.1) is 0 Å². The molecule has 1 aromatic carbocycles.